The van der Waals surface area contributed by atoms with Crippen LogP contribution >= 0.6 is 11.3 Å². The number of hydrogen-bond acceptors (Lipinski definition) is 4. The summed E-state index contributed by atoms with van der Waals surface area (Å²) in [4.78, 5) is 25.9. The monoisotopic (exact) mass is 324 g/mol. The zero-order chi connectivity index (χ0) is 16.2. The van der Waals surface area contributed by atoms with Gasteiger partial charge in [0.25, 0.3) is 5.91 Å². The maximum Gasteiger partial charge on any atom is 0.443 e. The minimum Gasteiger partial charge on any atom is -0.481 e. The number of thiazole rings is 1. The molecule has 1 amide bonds. The van der Waals surface area contributed by atoms with E-state index in [1.807, 2.05) is 13.8 Å². The van der Waals surface area contributed by atoms with E-state index in [0.717, 1.165) is 5.38 Å². The lowest BCUT2D eigenvalue weighted by atomic mass is 9.97. The van der Waals surface area contributed by atoms with Gasteiger partial charge in [-0.15, -0.1) is 11.3 Å². The van der Waals surface area contributed by atoms with E-state index in [1.54, 1.807) is 0 Å². The Morgan fingerprint density at radius 3 is 2.48 bits per heavy atom. The van der Waals surface area contributed by atoms with Crippen LogP contribution in [0.5, 0.6) is 0 Å². The molecule has 1 rings (SSSR count). The summed E-state index contributed by atoms with van der Waals surface area (Å²) in [6.07, 6.45) is -4.23. The van der Waals surface area contributed by atoms with E-state index in [9.17, 15) is 22.8 Å². The number of carboxylic acids is 1. The molecule has 1 heterocycles. The summed E-state index contributed by atoms with van der Waals surface area (Å²) >= 11 is 0.323. The Labute approximate surface area is 123 Å². The summed E-state index contributed by atoms with van der Waals surface area (Å²) in [5.74, 6) is -2.52. The molecule has 0 aliphatic carbocycles. The van der Waals surface area contributed by atoms with Gasteiger partial charge in [-0.05, 0) is 12.3 Å². The highest BCUT2D eigenvalue weighted by Crippen LogP contribution is 2.31. The third kappa shape index (κ3) is 5.33. The molecular formula is C12H15F3N2O3S. The predicted molar refractivity (Wildman–Crippen MR) is 70.0 cm³/mol. The number of carbonyl (C=O) groups excluding carboxylic acids is 1. The van der Waals surface area contributed by atoms with E-state index in [1.165, 1.54) is 0 Å². The summed E-state index contributed by atoms with van der Waals surface area (Å²) in [6, 6.07) is 0. The molecule has 0 aromatic carbocycles. The van der Waals surface area contributed by atoms with Crippen molar-refractivity contribution in [3.05, 3.63) is 16.1 Å². The summed E-state index contributed by atoms with van der Waals surface area (Å²) in [5.41, 5.74) is -0.360. The van der Waals surface area contributed by atoms with Crippen molar-refractivity contribution in [3.8, 4) is 0 Å². The van der Waals surface area contributed by atoms with Crippen LogP contribution in [0.3, 0.4) is 0 Å². The number of carbonyl (C=O) groups is 2. The van der Waals surface area contributed by atoms with Crippen molar-refractivity contribution in [2.24, 2.45) is 11.8 Å². The normalized spacial score (nSPS) is 13.2. The van der Waals surface area contributed by atoms with E-state index < -0.39 is 29.0 Å². The number of nitrogens with zero attached hydrogens (tertiary/aromatic N) is 1. The average Bonchev–Trinajstić information content (AvgIpc) is 2.82. The number of nitrogens with one attached hydrogen (secondary N) is 1. The van der Waals surface area contributed by atoms with Crippen molar-refractivity contribution < 1.29 is 27.9 Å². The molecule has 1 aromatic rings. The fraction of sp³-hybridized carbons (Fsp3) is 0.583. The maximum atomic E-state index is 12.4. The van der Waals surface area contributed by atoms with Crippen molar-refractivity contribution in [2.75, 3.05) is 6.54 Å². The van der Waals surface area contributed by atoms with Gasteiger partial charge in [0.05, 0.1) is 5.92 Å². The van der Waals surface area contributed by atoms with E-state index >= 15 is 0 Å². The molecule has 0 radical (unpaired) electrons. The van der Waals surface area contributed by atoms with Gasteiger partial charge >= 0.3 is 12.1 Å². The van der Waals surface area contributed by atoms with Crippen LogP contribution in [0.4, 0.5) is 13.2 Å². The number of hydrogen-bond donors (Lipinski definition) is 2. The molecule has 0 aliphatic heterocycles. The largest absolute Gasteiger partial charge is 0.481 e. The van der Waals surface area contributed by atoms with Gasteiger partial charge in [-0.3, -0.25) is 9.59 Å². The average molecular weight is 324 g/mol. The fourth-order valence-electron chi connectivity index (χ4n) is 1.66. The number of carboxylic acid groups (broad SMARTS) is 1. The van der Waals surface area contributed by atoms with Crippen LogP contribution in [0.15, 0.2) is 5.38 Å². The molecule has 1 atom stereocenters. The first-order valence-electron chi connectivity index (χ1n) is 6.15. The van der Waals surface area contributed by atoms with Crippen molar-refractivity contribution in [2.45, 2.75) is 26.4 Å². The van der Waals surface area contributed by atoms with Crippen molar-refractivity contribution in [1.82, 2.24) is 10.3 Å². The van der Waals surface area contributed by atoms with Crippen LogP contribution in [0.25, 0.3) is 0 Å². The number of aliphatic carboxylic acids is 1. The molecule has 118 valence electrons. The van der Waals surface area contributed by atoms with Crippen LogP contribution < -0.4 is 5.32 Å². The van der Waals surface area contributed by atoms with Gasteiger partial charge in [-0.2, -0.15) is 13.2 Å². The number of halogens is 3. The van der Waals surface area contributed by atoms with Gasteiger partial charge in [0.1, 0.15) is 5.69 Å². The third-order valence-corrected chi connectivity index (χ3v) is 3.48. The lowest BCUT2D eigenvalue weighted by Crippen LogP contribution is -2.33. The molecule has 1 aromatic heterocycles. The third-order valence-electron chi connectivity index (χ3n) is 2.59. The molecule has 5 nitrogen and oxygen atoms in total. The van der Waals surface area contributed by atoms with Gasteiger partial charge in [0.15, 0.2) is 5.01 Å². The molecule has 0 saturated carbocycles. The summed E-state index contributed by atoms with van der Waals surface area (Å²) < 4.78 is 37.1. The smallest absolute Gasteiger partial charge is 0.443 e. The van der Waals surface area contributed by atoms with Gasteiger partial charge in [-0.25, -0.2) is 4.98 Å². The highest BCUT2D eigenvalue weighted by atomic mass is 32.1. The van der Waals surface area contributed by atoms with Gasteiger partial charge < -0.3 is 10.4 Å². The molecule has 0 fully saturated rings. The minimum absolute atomic E-state index is 0.124. The molecule has 2 N–H and O–H groups in total. The zero-order valence-corrected chi connectivity index (χ0v) is 12.2. The molecule has 0 saturated heterocycles. The van der Waals surface area contributed by atoms with E-state index in [-0.39, 0.29) is 18.2 Å². The Balaban J connectivity index is 2.64. The summed E-state index contributed by atoms with van der Waals surface area (Å²) in [6.45, 7) is 3.53. The van der Waals surface area contributed by atoms with Gasteiger partial charge in [0, 0.05) is 11.9 Å². The number of amides is 1. The number of alkyl halides is 3. The van der Waals surface area contributed by atoms with Crippen LogP contribution in [-0.4, -0.2) is 28.5 Å². The molecule has 0 aliphatic rings. The first-order valence-corrected chi connectivity index (χ1v) is 7.03. The van der Waals surface area contributed by atoms with Gasteiger partial charge in [0.2, 0.25) is 0 Å². The second kappa shape index (κ2) is 6.88. The summed E-state index contributed by atoms with van der Waals surface area (Å²) in [7, 11) is 0. The molecule has 9 heteroatoms. The van der Waals surface area contributed by atoms with E-state index in [0.29, 0.717) is 17.8 Å². The number of aromatic nitrogens is 1. The fourth-order valence-corrected chi connectivity index (χ4v) is 2.32. The lowest BCUT2D eigenvalue weighted by molar-refractivity contribution is -0.142. The second-order valence-corrected chi connectivity index (χ2v) is 5.77. The highest BCUT2D eigenvalue weighted by molar-refractivity contribution is 7.09. The SMILES string of the molecule is CC(C)CC(CNC(=O)c1csc(C(F)(F)F)n1)C(=O)O. The molecular weight excluding hydrogens is 309 g/mol. The standard InChI is InChI=1S/C12H15F3N2O3S/c1-6(2)3-7(10(19)20)4-16-9(18)8-5-21-11(17-8)12(13,14)15/h5-7H,3-4H2,1-2H3,(H,16,18)(H,19,20). The topological polar surface area (TPSA) is 79.3 Å². The van der Waals surface area contributed by atoms with E-state index in [2.05, 4.69) is 10.3 Å². The van der Waals surface area contributed by atoms with Crippen molar-refractivity contribution >= 4 is 23.2 Å². The molecule has 1 unspecified atom stereocenters. The molecule has 21 heavy (non-hydrogen) atoms. The highest BCUT2D eigenvalue weighted by Gasteiger charge is 2.35. The van der Waals surface area contributed by atoms with Crippen molar-refractivity contribution in [1.29, 1.82) is 0 Å². The Morgan fingerprint density at radius 2 is 2.05 bits per heavy atom. The maximum absolute atomic E-state index is 12.4. The lowest BCUT2D eigenvalue weighted by Gasteiger charge is -2.14. The van der Waals surface area contributed by atoms with Crippen molar-refractivity contribution in [3.63, 3.8) is 0 Å². The molecule has 0 spiro atoms. The first kappa shape index (κ1) is 17.4. The van der Waals surface area contributed by atoms with Crippen LogP contribution in [0, 0.1) is 11.8 Å². The Bertz CT molecular complexity index is 514. The molecule has 0 bridgehead atoms. The zero-order valence-electron chi connectivity index (χ0n) is 11.4. The van der Waals surface area contributed by atoms with Crippen LogP contribution in [-0.2, 0) is 11.0 Å². The second-order valence-electron chi connectivity index (χ2n) is 4.91. The van der Waals surface area contributed by atoms with Gasteiger partial charge in [-0.1, -0.05) is 13.8 Å². The van der Waals surface area contributed by atoms with Crippen LogP contribution in [0.1, 0.15) is 35.8 Å². The predicted octanol–water partition coefficient (Wildman–Crippen LogP) is 2.64. The van der Waals surface area contributed by atoms with E-state index in [4.69, 9.17) is 5.11 Å². The van der Waals surface area contributed by atoms with Crippen LogP contribution in [0.2, 0.25) is 0 Å². The Kier molecular flexibility index (Phi) is 5.70. The Hall–Kier alpha value is -1.64. The number of rotatable bonds is 6. The quantitative estimate of drug-likeness (QED) is 0.843. The minimum atomic E-state index is -4.59. The summed E-state index contributed by atoms with van der Waals surface area (Å²) in [5, 5.41) is 11.2. The Morgan fingerprint density at radius 1 is 1.43 bits per heavy atom. The first-order chi connectivity index (χ1) is 9.61.